The SMILES string of the molecule is CCNCC(=O)N(CCOC)Cc1cccs1. The summed E-state index contributed by atoms with van der Waals surface area (Å²) < 4.78 is 5.04. The van der Waals surface area contributed by atoms with Gasteiger partial charge in [0.2, 0.25) is 5.91 Å². The largest absolute Gasteiger partial charge is 0.383 e. The molecule has 1 rings (SSSR count). The van der Waals surface area contributed by atoms with E-state index in [1.165, 1.54) is 4.88 Å². The molecule has 1 aromatic rings. The molecule has 0 aliphatic rings. The Labute approximate surface area is 107 Å². The van der Waals surface area contributed by atoms with Crippen molar-refractivity contribution in [2.75, 3.05) is 33.4 Å². The second-order valence-electron chi connectivity index (χ2n) is 3.67. The summed E-state index contributed by atoms with van der Waals surface area (Å²) in [6.07, 6.45) is 0. The number of methoxy groups -OCH3 is 1. The van der Waals surface area contributed by atoms with Crippen LogP contribution in [0.4, 0.5) is 0 Å². The number of hydrogen-bond acceptors (Lipinski definition) is 4. The lowest BCUT2D eigenvalue weighted by Crippen LogP contribution is -2.39. The molecule has 0 fully saturated rings. The van der Waals surface area contributed by atoms with Crippen LogP contribution < -0.4 is 5.32 Å². The van der Waals surface area contributed by atoms with Crippen molar-refractivity contribution in [3.05, 3.63) is 22.4 Å². The topological polar surface area (TPSA) is 41.6 Å². The summed E-state index contributed by atoms with van der Waals surface area (Å²) in [6, 6.07) is 4.05. The zero-order valence-corrected chi connectivity index (χ0v) is 11.3. The Morgan fingerprint density at radius 1 is 1.59 bits per heavy atom. The van der Waals surface area contributed by atoms with Crippen molar-refractivity contribution in [3.8, 4) is 0 Å². The minimum Gasteiger partial charge on any atom is -0.383 e. The molecule has 0 spiro atoms. The van der Waals surface area contributed by atoms with Gasteiger partial charge in [-0.3, -0.25) is 4.79 Å². The summed E-state index contributed by atoms with van der Waals surface area (Å²) in [5.41, 5.74) is 0. The number of nitrogens with one attached hydrogen (secondary N) is 1. The van der Waals surface area contributed by atoms with E-state index in [0.717, 1.165) is 6.54 Å². The third-order valence-corrected chi connectivity index (χ3v) is 3.23. The van der Waals surface area contributed by atoms with Crippen molar-refractivity contribution in [2.45, 2.75) is 13.5 Å². The third kappa shape index (κ3) is 5.30. The Bertz CT molecular complexity index is 314. The summed E-state index contributed by atoms with van der Waals surface area (Å²) in [6.45, 7) is 5.08. The molecule has 1 N–H and O–H groups in total. The Morgan fingerprint density at radius 2 is 2.41 bits per heavy atom. The van der Waals surface area contributed by atoms with Crippen LogP contribution in [-0.2, 0) is 16.1 Å². The van der Waals surface area contributed by atoms with E-state index < -0.39 is 0 Å². The summed E-state index contributed by atoms with van der Waals surface area (Å²) in [5, 5.41) is 5.08. The van der Waals surface area contributed by atoms with Crippen LogP contribution in [0, 0.1) is 0 Å². The minimum absolute atomic E-state index is 0.123. The normalized spacial score (nSPS) is 10.5. The minimum atomic E-state index is 0.123. The Morgan fingerprint density at radius 3 is 3.00 bits per heavy atom. The maximum Gasteiger partial charge on any atom is 0.236 e. The number of likely N-dealkylation sites (N-methyl/N-ethyl adjacent to an activating group) is 1. The van der Waals surface area contributed by atoms with E-state index in [1.807, 2.05) is 29.3 Å². The first-order valence-electron chi connectivity index (χ1n) is 5.77. The molecule has 1 heterocycles. The lowest BCUT2D eigenvalue weighted by atomic mass is 10.3. The number of rotatable bonds is 8. The van der Waals surface area contributed by atoms with Gasteiger partial charge in [-0.15, -0.1) is 11.3 Å². The van der Waals surface area contributed by atoms with Crippen molar-refractivity contribution in [2.24, 2.45) is 0 Å². The van der Waals surface area contributed by atoms with Gasteiger partial charge < -0.3 is 15.0 Å². The highest BCUT2D eigenvalue weighted by Crippen LogP contribution is 2.11. The quantitative estimate of drug-likeness (QED) is 0.763. The van der Waals surface area contributed by atoms with E-state index in [2.05, 4.69) is 5.32 Å². The van der Waals surface area contributed by atoms with Gasteiger partial charge in [0.1, 0.15) is 0 Å². The second-order valence-corrected chi connectivity index (χ2v) is 4.70. The maximum atomic E-state index is 11.9. The predicted molar refractivity (Wildman–Crippen MR) is 70.2 cm³/mol. The predicted octanol–water partition coefficient (Wildman–Crippen LogP) is 1.33. The van der Waals surface area contributed by atoms with E-state index in [1.54, 1.807) is 18.4 Å². The molecule has 17 heavy (non-hydrogen) atoms. The molecule has 1 amide bonds. The molecular formula is C12H20N2O2S. The van der Waals surface area contributed by atoms with Crippen LogP contribution in [0.5, 0.6) is 0 Å². The first-order valence-corrected chi connectivity index (χ1v) is 6.65. The molecule has 0 bridgehead atoms. The molecule has 0 aliphatic heterocycles. The number of hydrogen-bond donors (Lipinski definition) is 1. The summed E-state index contributed by atoms with van der Waals surface area (Å²) in [7, 11) is 1.65. The van der Waals surface area contributed by atoms with Crippen LogP contribution >= 0.6 is 11.3 Å². The number of thiophene rings is 1. The van der Waals surface area contributed by atoms with Crippen molar-refractivity contribution >= 4 is 17.2 Å². The fraction of sp³-hybridized carbons (Fsp3) is 0.583. The van der Waals surface area contributed by atoms with Crippen LogP contribution in [0.1, 0.15) is 11.8 Å². The van der Waals surface area contributed by atoms with Crippen molar-refractivity contribution < 1.29 is 9.53 Å². The van der Waals surface area contributed by atoms with Crippen LogP contribution in [0.25, 0.3) is 0 Å². The molecule has 0 radical (unpaired) electrons. The third-order valence-electron chi connectivity index (χ3n) is 2.37. The number of amides is 1. The zero-order valence-electron chi connectivity index (χ0n) is 10.4. The number of carbonyl (C=O) groups excluding carboxylic acids is 1. The first kappa shape index (κ1) is 14.2. The van der Waals surface area contributed by atoms with E-state index >= 15 is 0 Å². The summed E-state index contributed by atoms with van der Waals surface area (Å²) in [5.74, 6) is 0.123. The molecule has 96 valence electrons. The molecule has 1 aromatic heterocycles. The average Bonchev–Trinajstić information content (AvgIpc) is 2.84. The molecule has 0 aliphatic carbocycles. The maximum absolute atomic E-state index is 11.9. The van der Waals surface area contributed by atoms with Gasteiger partial charge in [0.15, 0.2) is 0 Å². The summed E-state index contributed by atoms with van der Waals surface area (Å²) in [4.78, 5) is 15.0. The highest BCUT2D eigenvalue weighted by molar-refractivity contribution is 7.09. The molecule has 4 nitrogen and oxygen atoms in total. The molecule has 5 heteroatoms. The van der Waals surface area contributed by atoms with E-state index in [4.69, 9.17) is 4.74 Å². The van der Waals surface area contributed by atoms with Crippen molar-refractivity contribution in [1.82, 2.24) is 10.2 Å². The van der Waals surface area contributed by atoms with Crippen LogP contribution in [0.2, 0.25) is 0 Å². The number of carbonyl (C=O) groups is 1. The molecule has 0 saturated heterocycles. The Kier molecular flexibility index (Phi) is 6.84. The van der Waals surface area contributed by atoms with Crippen molar-refractivity contribution in [1.29, 1.82) is 0 Å². The molecule has 0 saturated carbocycles. The van der Waals surface area contributed by atoms with Gasteiger partial charge in [0, 0.05) is 18.5 Å². The van der Waals surface area contributed by atoms with E-state index in [-0.39, 0.29) is 5.91 Å². The average molecular weight is 256 g/mol. The number of ether oxygens (including phenoxy) is 1. The Hall–Kier alpha value is -0.910. The molecular weight excluding hydrogens is 236 g/mol. The lowest BCUT2D eigenvalue weighted by molar-refractivity contribution is -0.131. The lowest BCUT2D eigenvalue weighted by Gasteiger charge is -2.21. The van der Waals surface area contributed by atoms with Gasteiger partial charge in [-0.25, -0.2) is 0 Å². The van der Waals surface area contributed by atoms with Crippen LogP contribution in [0.15, 0.2) is 17.5 Å². The highest BCUT2D eigenvalue weighted by Gasteiger charge is 2.13. The smallest absolute Gasteiger partial charge is 0.236 e. The van der Waals surface area contributed by atoms with Crippen molar-refractivity contribution in [3.63, 3.8) is 0 Å². The fourth-order valence-electron chi connectivity index (χ4n) is 1.43. The van der Waals surface area contributed by atoms with Gasteiger partial charge in [-0.05, 0) is 18.0 Å². The highest BCUT2D eigenvalue weighted by atomic mass is 32.1. The van der Waals surface area contributed by atoms with Crippen LogP contribution in [-0.4, -0.2) is 44.2 Å². The zero-order chi connectivity index (χ0) is 12.5. The molecule has 0 aromatic carbocycles. The summed E-state index contributed by atoms with van der Waals surface area (Å²) >= 11 is 1.67. The van der Waals surface area contributed by atoms with Gasteiger partial charge in [-0.2, -0.15) is 0 Å². The standard InChI is InChI=1S/C12H20N2O2S/c1-3-13-9-12(15)14(6-7-16-2)10-11-5-4-8-17-11/h4-5,8,13H,3,6-7,9-10H2,1-2H3. The monoisotopic (exact) mass is 256 g/mol. The van der Waals surface area contributed by atoms with Crippen LogP contribution in [0.3, 0.4) is 0 Å². The number of nitrogens with zero attached hydrogens (tertiary/aromatic N) is 1. The molecule has 0 unspecified atom stereocenters. The van der Waals surface area contributed by atoms with Gasteiger partial charge >= 0.3 is 0 Å². The molecule has 0 atom stereocenters. The second kappa shape index (κ2) is 8.22. The van der Waals surface area contributed by atoms with Gasteiger partial charge in [0.05, 0.1) is 19.7 Å². The van der Waals surface area contributed by atoms with Gasteiger partial charge in [0.25, 0.3) is 0 Å². The van der Waals surface area contributed by atoms with E-state index in [9.17, 15) is 4.79 Å². The van der Waals surface area contributed by atoms with E-state index in [0.29, 0.717) is 26.2 Å². The fourth-order valence-corrected chi connectivity index (χ4v) is 2.15. The Balaban J connectivity index is 2.50. The van der Waals surface area contributed by atoms with Gasteiger partial charge in [-0.1, -0.05) is 13.0 Å². The first-order chi connectivity index (χ1) is 8.27.